The van der Waals surface area contributed by atoms with Crippen LogP contribution in [-0.2, 0) is 32.5 Å². The lowest BCUT2D eigenvalue weighted by Gasteiger charge is -2.23. The molecule has 26 heavy (non-hydrogen) atoms. The third-order valence-corrected chi connectivity index (χ3v) is 6.98. The van der Waals surface area contributed by atoms with Crippen LogP contribution in [0.3, 0.4) is 0 Å². The molecule has 1 fully saturated rings. The molecule has 8 heteroatoms. The minimum atomic E-state index is -3.46. The van der Waals surface area contributed by atoms with E-state index in [4.69, 9.17) is 4.74 Å². The molecular weight excluding hydrogens is 354 g/mol. The van der Waals surface area contributed by atoms with Gasteiger partial charge in [0, 0.05) is 13.1 Å². The van der Waals surface area contributed by atoms with Crippen molar-refractivity contribution in [3.05, 3.63) is 11.9 Å². The number of methoxy groups -OCH3 is 1. The van der Waals surface area contributed by atoms with E-state index in [9.17, 15) is 13.2 Å². The average Bonchev–Trinajstić information content (AvgIpc) is 3.19. The molecule has 0 radical (unpaired) electrons. The molecule has 2 heterocycles. The highest BCUT2D eigenvalue weighted by atomic mass is 32.2. The summed E-state index contributed by atoms with van der Waals surface area (Å²) in [7, 11) is -2.06. The van der Waals surface area contributed by atoms with E-state index in [0.29, 0.717) is 19.0 Å². The van der Waals surface area contributed by atoms with Crippen molar-refractivity contribution in [1.29, 1.82) is 0 Å². The van der Waals surface area contributed by atoms with Crippen molar-refractivity contribution in [2.24, 2.45) is 5.92 Å². The highest BCUT2D eigenvalue weighted by Crippen LogP contribution is 2.24. The number of esters is 1. The standard InChI is InChI=1S/C18H31N3O4S/c1-13(2)8-10-21-15(11-19-18(21)26(23,24)14(3)4)12-20-9-6-7-16(20)17(22)25-5/h11,13-14,16H,6-10,12H2,1-5H3/t16-/m0/s1. The number of likely N-dealkylation sites (tertiary alicyclic amines) is 1. The van der Waals surface area contributed by atoms with E-state index in [1.54, 1.807) is 20.0 Å². The Hall–Kier alpha value is -1.41. The average molecular weight is 386 g/mol. The number of ether oxygens (including phenoxy) is 1. The topological polar surface area (TPSA) is 81.5 Å². The first-order valence-corrected chi connectivity index (χ1v) is 10.8. The number of imidazole rings is 1. The fourth-order valence-corrected chi connectivity index (χ4v) is 4.35. The zero-order valence-corrected chi connectivity index (χ0v) is 17.3. The fourth-order valence-electron chi connectivity index (χ4n) is 3.21. The van der Waals surface area contributed by atoms with E-state index in [-0.39, 0.29) is 17.2 Å². The quantitative estimate of drug-likeness (QED) is 0.639. The first kappa shape index (κ1) is 20.9. The molecule has 0 unspecified atom stereocenters. The Morgan fingerprint density at radius 3 is 2.62 bits per heavy atom. The number of sulfone groups is 1. The number of nitrogens with zero attached hydrogens (tertiary/aromatic N) is 3. The molecule has 1 saturated heterocycles. The van der Waals surface area contributed by atoms with Crippen molar-refractivity contribution in [3.8, 4) is 0 Å². The molecule has 2 rings (SSSR count). The van der Waals surface area contributed by atoms with Crippen LogP contribution in [0.15, 0.2) is 11.4 Å². The summed E-state index contributed by atoms with van der Waals surface area (Å²) in [5.41, 5.74) is 0.834. The number of hydrogen-bond donors (Lipinski definition) is 0. The molecule has 0 bridgehead atoms. The summed E-state index contributed by atoms with van der Waals surface area (Å²) in [6, 6.07) is -0.265. The summed E-state index contributed by atoms with van der Waals surface area (Å²) >= 11 is 0. The molecule has 7 nitrogen and oxygen atoms in total. The van der Waals surface area contributed by atoms with Gasteiger partial charge in [0.1, 0.15) is 6.04 Å². The van der Waals surface area contributed by atoms with Gasteiger partial charge in [0.2, 0.25) is 15.0 Å². The summed E-state index contributed by atoms with van der Waals surface area (Å²) in [5.74, 6) is 0.222. The molecule has 1 atom stereocenters. The second-order valence-electron chi connectivity index (χ2n) is 7.61. The van der Waals surface area contributed by atoms with Crippen molar-refractivity contribution in [2.45, 2.75) is 76.5 Å². The minimum absolute atomic E-state index is 0.136. The fraction of sp³-hybridized carbons (Fsp3) is 0.778. The number of hydrogen-bond acceptors (Lipinski definition) is 6. The summed E-state index contributed by atoms with van der Waals surface area (Å²) in [4.78, 5) is 18.3. The lowest BCUT2D eigenvalue weighted by molar-refractivity contribution is -0.146. The third-order valence-electron chi connectivity index (χ3n) is 4.91. The molecule has 0 spiro atoms. The van der Waals surface area contributed by atoms with Gasteiger partial charge >= 0.3 is 5.97 Å². The van der Waals surface area contributed by atoms with Gasteiger partial charge in [0.05, 0.1) is 24.3 Å². The van der Waals surface area contributed by atoms with Gasteiger partial charge < -0.3 is 9.30 Å². The van der Waals surface area contributed by atoms with E-state index in [2.05, 4.69) is 23.7 Å². The SMILES string of the molecule is COC(=O)[C@@H]1CCCN1Cc1cnc(S(=O)(=O)C(C)C)n1CCC(C)C. The normalized spacial score (nSPS) is 18.8. The maximum absolute atomic E-state index is 12.7. The van der Waals surface area contributed by atoms with Crippen LogP contribution in [0.1, 0.15) is 52.7 Å². The van der Waals surface area contributed by atoms with Gasteiger partial charge in [-0.3, -0.25) is 9.69 Å². The third kappa shape index (κ3) is 4.46. The van der Waals surface area contributed by atoms with Gasteiger partial charge in [-0.25, -0.2) is 13.4 Å². The Balaban J connectivity index is 2.33. The Morgan fingerprint density at radius 2 is 2.04 bits per heavy atom. The van der Waals surface area contributed by atoms with Crippen LogP contribution in [0.4, 0.5) is 0 Å². The van der Waals surface area contributed by atoms with Crippen molar-refractivity contribution in [1.82, 2.24) is 14.5 Å². The van der Waals surface area contributed by atoms with Crippen LogP contribution in [0.25, 0.3) is 0 Å². The maximum atomic E-state index is 12.7. The number of aromatic nitrogens is 2. The molecule has 0 saturated carbocycles. The zero-order chi connectivity index (χ0) is 19.5. The molecule has 1 aromatic rings. The van der Waals surface area contributed by atoms with E-state index < -0.39 is 15.1 Å². The molecule has 1 aliphatic rings. The predicted octanol–water partition coefficient (Wildman–Crippen LogP) is 2.25. The van der Waals surface area contributed by atoms with Crippen LogP contribution in [-0.4, -0.2) is 53.8 Å². The van der Waals surface area contributed by atoms with Crippen LogP contribution >= 0.6 is 0 Å². The lowest BCUT2D eigenvalue weighted by Crippen LogP contribution is -2.37. The van der Waals surface area contributed by atoms with Crippen LogP contribution in [0.2, 0.25) is 0 Å². The predicted molar refractivity (Wildman–Crippen MR) is 99.5 cm³/mol. The molecule has 0 aliphatic carbocycles. The summed E-state index contributed by atoms with van der Waals surface area (Å²) in [6.07, 6.45) is 4.20. The molecule has 0 amide bonds. The van der Waals surface area contributed by atoms with Gasteiger partial charge in [-0.15, -0.1) is 0 Å². The Labute approximate surface area is 156 Å². The van der Waals surface area contributed by atoms with Gasteiger partial charge in [-0.05, 0) is 45.6 Å². The second-order valence-corrected chi connectivity index (χ2v) is 10.0. The number of rotatable bonds is 8. The number of carbonyl (C=O) groups is 1. The van der Waals surface area contributed by atoms with E-state index in [1.165, 1.54) is 7.11 Å². The molecule has 1 aromatic heterocycles. The molecule has 0 aromatic carbocycles. The van der Waals surface area contributed by atoms with E-state index in [0.717, 1.165) is 31.5 Å². The van der Waals surface area contributed by atoms with Gasteiger partial charge in [0.25, 0.3) is 0 Å². The summed E-state index contributed by atoms with van der Waals surface area (Å²) in [6.45, 7) is 9.46. The smallest absolute Gasteiger partial charge is 0.323 e. The Bertz CT molecular complexity index is 725. The highest BCUT2D eigenvalue weighted by Gasteiger charge is 2.33. The second kappa shape index (κ2) is 8.52. The highest BCUT2D eigenvalue weighted by molar-refractivity contribution is 7.91. The molecule has 0 N–H and O–H groups in total. The molecule has 148 valence electrons. The van der Waals surface area contributed by atoms with Crippen LogP contribution < -0.4 is 0 Å². The summed E-state index contributed by atoms with van der Waals surface area (Å²) in [5, 5.41) is -0.387. The lowest BCUT2D eigenvalue weighted by atomic mass is 10.1. The molecule has 1 aliphatic heterocycles. The maximum Gasteiger partial charge on any atom is 0.323 e. The van der Waals surface area contributed by atoms with E-state index in [1.807, 2.05) is 4.57 Å². The van der Waals surface area contributed by atoms with Crippen LogP contribution in [0, 0.1) is 5.92 Å². The first-order chi connectivity index (χ1) is 12.2. The van der Waals surface area contributed by atoms with Crippen molar-refractivity contribution in [3.63, 3.8) is 0 Å². The largest absolute Gasteiger partial charge is 0.468 e. The Morgan fingerprint density at radius 1 is 1.35 bits per heavy atom. The first-order valence-electron chi connectivity index (χ1n) is 9.28. The number of carbonyl (C=O) groups excluding carboxylic acids is 1. The zero-order valence-electron chi connectivity index (χ0n) is 16.4. The van der Waals surface area contributed by atoms with E-state index >= 15 is 0 Å². The van der Waals surface area contributed by atoms with Gasteiger partial charge in [-0.1, -0.05) is 13.8 Å². The van der Waals surface area contributed by atoms with Crippen molar-refractivity contribution in [2.75, 3.05) is 13.7 Å². The van der Waals surface area contributed by atoms with Gasteiger partial charge in [-0.2, -0.15) is 0 Å². The van der Waals surface area contributed by atoms with Crippen molar-refractivity contribution < 1.29 is 17.9 Å². The monoisotopic (exact) mass is 385 g/mol. The van der Waals surface area contributed by atoms with Crippen LogP contribution in [0.5, 0.6) is 0 Å². The Kier molecular flexibility index (Phi) is 6.85. The minimum Gasteiger partial charge on any atom is -0.468 e. The van der Waals surface area contributed by atoms with Gasteiger partial charge in [0.15, 0.2) is 0 Å². The van der Waals surface area contributed by atoms with Crippen molar-refractivity contribution >= 4 is 15.8 Å². The summed E-state index contributed by atoms with van der Waals surface area (Å²) < 4.78 is 32.1. The molecular formula is C18H31N3O4S.